The molecule has 1 rings (SSSR count). The van der Waals surface area contributed by atoms with Crippen molar-refractivity contribution in [3.05, 3.63) is 12.7 Å². The lowest BCUT2D eigenvalue weighted by Gasteiger charge is -2.10. The molecule has 0 aliphatic rings. The van der Waals surface area contributed by atoms with Crippen LogP contribution in [0.15, 0.2) is 12.7 Å². The highest BCUT2D eigenvalue weighted by Crippen LogP contribution is 2.05. The molecule has 5 heteroatoms. The van der Waals surface area contributed by atoms with Gasteiger partial charge < -0.3 is 9.90 Å². The summed E-state index contributed by atoms with van der Waals surface area (Å²) in [5.74, 6) is -1.08. The van der Waals surface area contributed by atoms with Gasteiger partial charge in [-0.3, -0.25) is 0 Å². The lowest BCUT2D eigenvalue weighted by molar-refractivity contribution is -0.306. The molecule has 0 bridgehead atoms. The molecule has 0 unspecified atom stereocenters. The van der Waals surface area contributed by atoms with Crippen molar-refractivity contribution in [2.24, 2.45) is 0 Å². The van der Waals surface area contributed by atoms with Gasteiger partial charge in [0.2, 0.25) is 0 Å². The second-order valence-electron chi connectivity index (χ2n) is 2.30. The van der Waals surface area contributed by atoms with E-state index in [-0.39, 0.29) is 12.5 Å². The van der Waals surface area contributed by atoms with E-state index < -0.39 is 5.97 Å². The molecule has 5 nitrogen and oxygen atoms in total. The predicted octanol–water partition coefficient (Wildman–Crippen LogP) is -1.02. The Morgan fingerprint density at radius 3 is 3.00 bits per heavy atom. The summed E-state index contributed by atoms with van der Waals surface area (Å²) in [6.07, 6.45) is 2.81. The number of nitrogens with zero attached hydrogens (tertiary/aromatic N) is 3. The van der Waals surface area contributed by atoms with E-state index in [4.69, 9.17) is 0 Å². The molecule has 0 spiro atoms. The van der Waals surface area contributed by atoms with Crippen LogP contribution < -0.4 is 5.11 Å². The third kappa shape index (κ3) is 2.03. The summed E-state index contributed by atoms with van der Waals surface area (Å²) in [7, 11) is 0. The predicted molar refractivity (Wildman–Crippen MR) is 34.4 cm³/mol. The summed E-state index contributed by atoms with van der Waals surface area (Å²) in [5, 5.41) is 13.9. The van der Waals surface area contributed by atoms with Gasteiger partial charge in [0.1, 0.15) is 12.7 Å². The van der Waals surface area contributed by atoms with Gasteiger partial charge in [0.05, 0.1) is 6.04 Å². The molecule has 0 radical (unpaired) electrons. The number of carboxylic acid groups (broad SMARTS) is 1. The Hall–Kier alpha value is -1.39. The molecule has 1 aromatic rings. The van der Waals surface area contributed by atoms with E-state index in [0.29, 0.717) is 0 Å². The van der Waals surface area contributed by atoms with Crippen LogP contribution in [0, 0.1) is 0 Å². The summed E-state index contributed by atoms with van der Waals surface area (Å²) in [6, 6.07) is -0.192. The zero-order valence-electron chi connectivity index (χ0n) is 6.10. The highest BCUT2D eigenvalue weighted by Gasteiger charge is 2.03. The van der Waals surface area contributed by atoms with Crippen LogP contribution in [0.2, 0.25) is 0 Å². The first kappa shape index (κ1) is 7.71. The van der Waals surface area contributed by atoms with E-state index in [1.807, 2.05) is 0 Å². The normalized spacial score (nSPS) is 12.8. The Labute approximate surface area is 63.7 Å². The van der Waals surface area contributed by atoms with Gasteiger partial charge in [0.25, 0.3) is 0 Å². The van der Waals surface area contributed by atoms with Gasteiger partial charge in [-0.1, -0.05) is 0 Å². The second-order valence-corrected chi connectivity index (χ2v) is 2.30. The zero-order chi connectivity index (χ0) is 8.27. The van der Waals surface area contributed by atoms with Gasteiger partial charge in [-0.2, -0.15) is 5.10 Å². The van der Waals surface area contributed by atoms with E-state index >= 15 is 0 Å². The van der Waals surface area contributed by atoms with Crippen molar-refractivity contribution in [3.8, 4) is 0 Å². The molecule has 0 N–H and O–H groups in total. The Bertz CT molecular complexity index is 232. The van der Waals surface area contributed by atoms with Gasteiger partial charge in [0, 0.05) is 12.4 Å². The summed E-state index contributed by atoms with van der Waals surface area (Å²) in [5.41, 5.74) is 0. The highest BCUT2D eigenvalue weighted by molar-refractivity contribution is 5.64. The number of hydrogen-bond acceptors (Lipinski definition) is 4. The molecule has 0 aliphatic carbocycles. The fourth-order valence-electron chi connectivity index (χ4n) is 0.780. The molecular weight excluding hydrogens is 146 g/mol. The number of hydrogen-bond donors (Lipinski definition) is 0. The average Bonchev–Trinajstić information content (AvgIpc) is 2.35. The molecular formula is C6H8N3O2-. The maximum absolute atomic E-state index is 10.1. The Kier molecular flexibility index (Phi) is 2.20. The second kappa shape index (κ2) is 3.14. The number of carboxylic acids is 1. The van der Waals surface area contributed by atoms with Gasteiger partial charge in [-0.25, -0.2) is 9.67 Å². The lowest BCUT2D eigenvalue weighted by Crippen LogP contribution is -2.25. The van der Waals surface area contributed by atoms with Crippen molar-refractivity contribution < 1.29 is 9.90 Å². The minimum atomic E-state index is -1.08. The molecule has 0 saturated heterocycles. The molecule has 0 fully saturated rings. The van der Waals surface area contributed by atoms with E-state index in [1.54, 1.807) is 6.92 Å². The third-order valence-corrected chi connectivity index (χ3v) is 1.35. The topological polar surface area (TPSA) is 70.8 Å². The number of rotatable bonds is 3. The van der Waals surface area contributed by atoms with Crippen molar-refractivity contribution in [1.82, 2.24) is 14.8 Å². The third-order valence-electron chi connectivity index (χ3n) is 1.35. The molecule has 1 aromatic heterocycles. The number of carbonyl (C=O) groups excluding carboxylic acids is 1. The minimum Gasteiger partial charge on any atom is -0.550 e. The Morgan fingerprint density at radius 1 is 1.82 bits per heavy atom. The Balaban J connectivity index is 2.56. The number of carbonyl (C=O) groups is 1. The molecule has 1 atom stereocenters. The molecule has 60 valence electrons. The smallest absolute Gasteiger partial charge is 0.137 e. The first-order valence-corrected chi connectivity index (χ1v) is 3.24. The molecule has 0 amide bonds. The van der Waals surface area contributed by atoms with Gasteiger partial charge in [-0.15, -0.1) is 0 Å². The summed E-state index contributed by atoms with van der Waals surface area (Å²) in [4.78, 5) is 13.8. The number of aliphatic carboxylic acids is 1. The Morgan fingerprint density at radius 2 is 2.55 bits per heavy atom. The van der Waals surface area contributed by atoms with Gasteiger partial charge >= 0.3 is 0 Å². The molecule has 0 saturated carbocycles. The van der Waals surface area contributed by atoms with E-state index in [1.165, 1.54) is 17.3 Å². The van der Waals surface area contributed by atoms with Crippen LogP contribution >= 0.6 is 0 Å². The first-order valence-electron chi connectivity index (χ1n) is 3.24. The highest BCUT2D eigenvalue weighted by atomic mass is 16.4. The molecule has 0 aromatic carbocycles. The molecule has 1 heterocycles. The van der Waals surface area contributed by atoms with Gasteiger partial charge in [-0.05, 0) is 6.92 Å². The average molecular weight is 154 g/mol. The fourth-order valence-corrected chi connectivity index (χ4v) is 0.780. The van der Waals surface area contributed by atoms with Crippen molar-refractivity contribution in [2.75, 3.05) is 0 Å². The van der Waals surface area contributed by atoms with Crippen molar-refractivity contribution in [1.29, 1.82) is 0 Å². The first-order chi connectivity index (χ1) is 5.20. The van der Waals surface area contributed by atoms with Crippen LogP contribution in [0.4, 0.5) is 0 Å². The van der Waals surface area contributed by atoms with Crippen LogP contribution in [0.3, 0.4) is 0 Å². The van der Waals surface area contributed by atoms with E-state index in [2.05, 4.69) is 10.1 Å². The van der Waals surface area contributed by atoms with Gasteiger partial charge in [0.15, 0.2) is 0 Å². The van der Waals surface area contributed by atoms with E-state index in [0.717, 1.165) is 0 Å². The maximum Gasteiger partial charge on any atom is 0.137 e. The lowest BCUT2D eigenvalue weighted by atomic mass is 10.2. The zero-order valence-corrected chi connectivity index (χ0v) is 6.10. The van der Waals surface area contributed by atoms with Crippen LogP contribution in [0.5, 0.6) is 0 Å². The quantitative estimate of drug-likeness (QED) is 0.558. The van der Waals surface area contributed by atoms with E-state index in [9.17, 15) is 9.90 Å². The van der Waals surface area contributed by atoms with Crippen LogP contribution in [-0.2, 0) is 4.79 Å². The SMILES string of the molecule is C[C@@H](CC(=O)[O-])n1cncn1. The minimum absolute atomic E-state index is 0.0383. The summed E-state index contributed by atoms with van der Waals surface area (Å²) >= 11 is 0. The molecule has 11 heavy (non-hydrogen) atoms. The largest absolute Gasteiger partial charge is 0.550 e. The molecule has 0 aliphatic heterocycles. The van der Waals surface area contributed by atoms with Crippen molar-refractivity contribution >= 4 is 5.97 Å². The standard InChI is InChI=1S/C6H9N3O2/c1-5(2-6(10)11)9-4-7-3-8-9/h3-5H,2H2,1H3,(H,10,11)/p-1/t5-/m0/s1. The van der Waals surface area contributed by atoms with Crippen LogP contribution in [0.1, 0.15) is 19.4 Å². The fraction of sp³-hybridized carbons (Fsp3) is 0.500. The van der Waals surface area contributed by atoms with Crippen LogP contribution in [-0.4, -0.2) is 20.7 Å². The monoisotopic (exact) mass is 154 g/mol. The van der Waals surface area contributed by atoms with Crippen molar-refractivity contribution in [2.45, 2.75) is 19.4 Å². The maximum atomic E-state index is 10.1. The van der Waals surface area contributed by atoms with Crippen LogP contribution in [0.25, 0.3) is 0 Å². The summed E-state index contributed by atoms with van der Waals surface area (Å²) < 4.78 is 1.48. The number of aromatic nitrogens is 3. The van der Waals surface area contributed by atoms with Crippen molar-refractivity contribution in [3.63, 3.8) is 0 Å². The summed E-state index contributed by atoms with van der Waals surface area (Å²) in [6.45, 7) is 1.74.